The highest BCUT2D eigenvalue weighted by molar-refractivity contribution is 6.33. The van der Waals surface area contributed by atoms with Crippen molar-refractivity contribution in [1.82, 2.24) is 4.98 Å². The predicted molar refractivity (Wildman–Crippen MR) is 86.5 cm³/mol. The molecule has 0 fully saturated rings. The molecule has 1 aromatic heterocycles. The molecule has 0 aliphatic heterocycles. The quantitative estimate of drug-likeness (QED) is 0.877. The zero-order valence-electron chi connectivity index (χ0n) is 12.3. The molecule has 1 aliphatic carbocycles. The van der Waals surface area contributed by atoms with E-state index in [2.05, 4.69) is 34.6 Å². The third-order valence-electron chi connectivity index (χ3n) is 3.74. The minimum Gasteiger partial charge on any atom is -0.462 e. The lowest BCUT2D eigenvalue weighted by Crippen LogP contribution is -2.20. The Balaban J connectivity index is 1.70. The number of pyridine rings is 1. The number of hydrogen-bond acceptors (Lipinski definition) is 4. The van der Waals surface area contributed by atoms with Crippen LogP contribution in [0.25, 0.3) is 0 Å². The van der Waals surface area contributed by atoms with Crippen LogP contribution in [0, 0.1) is 0 Å². The summed E-state index contributed by atoms with van der Waals surface area (Å²) in [6.45, 7) is 2.09. The van der Waals surface area contributed by atoms with Crippen molar-refractivity contribution in [1.29, 1.82) is 0 Å². The summed E-state index contributed by atoms with van der Waals surface area (Å²) in [5.41, 5.74) is 3.09. The molecular formula is C17H17ClN2O2. The SMILES string of the molecule is CCOC(=O)c1cnc(NC2Cc3ccccc3C2)c(Cl)c1. The maximum Gasteiger partial charge on any atom is 0.339 e. The molecular weight excluding hydrogens is 300 g/mol. The van der Waals surface area contributed by atoms with Gasteiger partial charge in [-0.1, -0.05) is 35.9 Å². The van der Waals surface area contributed by atoms with Gasteiger partial charge >= 0.3 is 5.97 Å². The van der Waals surface area contributed by atoms with Crippen LogP contribution < -0.4 is 5.32 Å². The number of aromatic nitrogens is 1. The molecule has 3 rings (SSSR count). The zero-order valence-corrected chi connectivity index (χ0v) is 13.1. The van der Waals surface area contributed by atoms with E-state index in [4.69, 9.17) is 16.3 Å². The van der Waals surface area contributed by atoms with Crippen molar-refractivity contribution in [3.63, 3.8) is 0 Å². The van der Waals surface area contributed by atoms with Gasteiger partial charge in [0.1, 0.15) is 5.82 Å². The molecule has 5 heteroatoms. The molecule has 1 aromatic carbocycles. The van der Waals surface area contributed by atoms with E-state index in [1.165, 1.54) is 17.3 Å². The Morgan fingerprint density at radius 3 is 2.64 bits per heavy atom. The van der Waals surface area contributed by atoms with Crippen LogP contribution in [-0.2, 0) is 17.6 Å². The first kappa shape index (κ1) is 14.9. The fourth-order valence-corrected chi connectivity index (χ4v) is 2.95. The van der Waals surface area contributed by atoms with E-state index >= 15 is 0 Å². The van der Waals surface area contributed by atoms with Crippen molar-refractivity contribution in [3.8, 4) is 0 Å². The minimum atomic E-state index is -0.406. The van der Waals surface area contributed by atoms with Gasteiger partial charge < -0.3 is 10.1 Å². The number of ether oxygens (including phenoxy) is 1. The zero-order chi connectivity index (χ0) is 15.5. The Morgan fingerprint density at radius 2 is 2.05 bits per heavy atom. The second-order valence-electron chi connectivity index (χ2n) is 5.29. The molecule has 0 saturated heterocycles. The van der Waals surface area contributed by atoms with Crippen LogP contribution >= 0.6 is 11.6 Å². The van der Waals surface area contributed by atoms with Crippen molar-refractivity contribution in [2.24, 2.45) is 0 Å². The normalized spacial score (nSPS) is 13.7. The van der Waals surface area contributed by atoms with Gasteiger partial charge in [-0.05, 0) is 37.0 Å². The summed E-state index contributed by atoms with van der Waals surface area (Å²) in [6.07, 6.45) is 3.40. The fourth-order valence-electron chi connectivity index (χ4n) is 2.72. The predicted octanol–water partition coefficient (Wildman–Crippen LogP) is 3.49. The van der Waals surface area contributed by atoms with E-state index in [9.17, 15) is 4.79 Å². The minimum absolute atomic E-state index is 0.274. The van der Waals surface area contributed by atoms with Gasteiger partial charge in [0.25, 0.3) is 0 Å². The van der Waals surface area contributed by atoms with Crippen LogP contribution in [0.5, 0.6) is 0 Å². The number of carbonyl (C=O) groups excluding carboxylic acids is 1. The van der Waals surface area contributed by atoms with E-state index in [1.807, 2.05) is 0 Å². The van der Waals surface area contributed by atoms with Crippen LogP contribution in [0.15, 0.2) is 36.5 Å². The Bertz CT molecular complexity index is 678. The lowest BCUT2D eigenvalue weighted by atomic mass is 10.1. The number of rotatable bonds is 4. The summed E-state index contributed by atoms with van der Waals surface area (Å²) in [7, 11) is 0. The van der Waals surface area contributed by atoms with Crippen molar-refractivity contribution < 1.29 is 9.53 Å². The topological polar surface area (TPSA) is 51.2 Å². The highest BCUT2D eigenvalue weighted by Crippen LogP contribution is 2.27. The third-order valence-corrected chi connectivity index (χ3v) is 4.03. The molecule has 1 heterocycles. The number of nitrogens with zero attached hydrogens (tertiary/aromatic N) is 1. The molecule has 2 aromatic rings. The highest BCUT2D eigenvalue weighted by Gasteiger charge is 2.22. The first-order valence-electron chi connectivity index (χ1n) is 7.33. The second kappa shape index (κ2) is 6.36. The number of carbonyl (C=O) groups is 1. The number of nitrogens with one attached hydrogen (secondary N) is 1. The number of halogens is 1. The van der Waals surface area contributed by atoms with Crippen molar-refractivity contribution >= 4 is 23.4 Å². The molecule has 4 nitrogen and oxygen atoms in total. The Hall–Kier alpha value is -2.07. The molecule has 114 valence electrons. The standard InChI is InChI=1S/C17H17ClN2O2/c1-2-22-17(21)13-9-15(18)16(19-10-13)20-14-7-11-5-3-4-6-12(11)8-14/h3-6,9-10,14H,2,7-8H2,1H3,(H,19,20). The molecule has 0 atom stereocenters. The lowest BCUT2D eigenvalue weighted by molar-refractivity contribution is 0.0526. The molecule has 0 saturated carbocycles. The number of fused-ring (bicyclic) bond motifs is 1. The molecule has 22 heavy (non-hydrogen) atoms. The average molecular weight is 317 g/mol. The Morgan fingerprint density at radius 1 is 1.36 bits per heavy atom. The number of esters is 1. The van der Waals surface area contributed by atoms with Crippen LogP contribution in [-0.4, -0.2) is 23.6 Å². The van der Waals surface area contributed by atoms with E-state index in [-0.39, 0.29) is 6.04 Å². The maximum atomic E-state index is 11.7. The number of hydrogen-bond donors (Lipinski definition) is 1. The van der Waals surface area contributed by atoms with Gasteiger partial charge in [-0.25, -0.2) is 9.78 Å². The molecule has 0 spiro atoms. The van der Waals surface area contributed by atoms with E-state index in [1.54, 1.807) is 13.0 Å². The van der Waals surface area contributed by atoms with Crippen LogP contribution in [0.1, 0.15) is 28.4 Å². The molecule has 0 unspecified atom stereocenters. The van der Waals surface area contributed by atoms with E-state index < -0.39 is 5.97 Å². The summed E-state index contributed by atoms with van der Waals surface area (Å²) < 4.78 is 4.94. The average Bonchev–Trinajstić information content (AvgIpc) is 2.92. The largest absolute Gasteiger partial charge is 0.462 e. The van der Waals surface area contributed by atoms with Crippen molar-refractivity contribution in [2.45, 2.75) is 25.8 Å². The van der Waals surface area contributed by atoms with Gasteiger partial charge in [-0.2, -0.15) is 0 Å². The Kier molecular flexibility index (Phi) is 4.29. The molecule has 1 N–H and O–H groups in total. The summed E-state index contributed by atoms with van der Waals surface area (Å²) in [4.78, 5) is 15.9. The van der Waals surface area contributed by atoms with E-state index in [0.717, 1.165) is 12.8 Å². The maximum absolute atomic E-state index is 11.7. The lowest BCUT2D eigenvalue weighted by Gasteiger charge is -2.14. The smallest absolute Gasteiger partial charge is 0.339 e. The number of benzene rings is 1. The van der Waals surface area contributed by atoms with Gasteiger partial charge in [0.2, 0.25) is 0 Å². The van der Waals surface area contributed by atoms with Crippen LogP contribution in [0.2, 0.25) is 5.02 Å². The monoisotopic (exact) mass is 316 g/mol. The van der Waals surface area contributed by atoms with Crippen molar-refractivity contribution in [3.05, 3.63) is 58.2 Å². The van der Waals surface area contributed by atoms with Gasteiger partial charge in [0, 0.05) is 12.2 Å². The van der Waals surface area contributed by atoms with E-state index in [0.29, 0.717) is 23.0 Å². The molecule has 0 radical (unpaired) electrons. The highest BCUT2D eigenvalue weighted by atomic mass is 35.5. The first-order chi connectivity index (χ1) is 10.7. The Labute approximate surface area is 134 Å². The summed E-state index contributed by atoms with van der Waals surface area (Å²) >= 11 is 6.23. The summed E-state index contributed by atoms with van der Waals surface area (Å²) in [6, 6.07) is 10.3. The van der Waals surface area contributed by atoms with Gasteiger partial charge in [-0.15, -0.1) is 0 Å². The van der Waals surface area contributed by atoms with Gasteiger partial charge in [0.05, 0.1) is 17.2 Å². The molecule has 1 aliphatic rings. The third kappa shape index (κ3) is 3.07. The van der Waals surface area contributed by atoms with Crippen LogP contribution in [0.4, 0.5) is 5.82 Å². The molecule has 0 bridgehead atoms. The summed E-state index contributed by atoms with van der Waals surface area (Å²) in [5, 5.41) is 3.79. The molecule has 0 amide bonds. The van der Waals surface area contributed by atoms with Gasteiger partial charge in [-0.3, -0.25) is 0 Å². The first-order valence-corrected chi connectivity index (χ1v) is 7.71. The van der Waals surface area contributed by atoms with Gasteiger partial charge in [0.15, 0.2) is 0 Å². The fraction of sp³-hybridized carbons (Fsp3) is 0.294. The number of anilines is 1. The van der Waals surface area contributed by atoms with Crippen molar-refractivity contribution in [2.75, 3.05) is 11.9 Å². The second-order valence-corrected chi connectivity index (χ2v) is 5.70. The van der Waals surface area contributed by atoms with Crippen LogP contribution in [0.3, 0.4) is 0 Å². The summed E-state index contributed by atoms with van der Waals surface area (Å²) in [5.74, 6) is 0.198.